The standard InChI is InChI=1S/C8H12F3NO3/c1-3-15-7(14)4-6(13)12-5(2)8(9,10)11/h5H,3-4H2,1-2H3,(H,12,13). The fourth-order valence-electron chi connectivity index (χ4n) is 0.717. The van der Waals surface area contributed by atoms with Crippen LogP contribution in [0.15, 0.2) is 0 Å². The van der Waals surface area contributed by atoms with E-state index in [1.165, 1.54) is 6.92 Å². The molecule has 0 aliphatic rings. The Hall–Kier alpha value is -1.27. The molecule has 0 aromatic carbocycles. The summed E-state index contributed by atoms with van der Waals surface area (Å²) in [5, 5.41) is 1.64. The van der Waals surface area contributed by atoms with Gasteiger partial charge in [-0.2, -0.15) is 13.2 Å². The van der Waals surface area contributed by atoms with E-state index in [1.54, 1.807) is 5.32 Å². The number of hydrogen-bond acceptors (Lipinski definition) is 3. The van der Waals surface area contributed by atoms with Gasteiger partial charge in [-0.25, -0.2) is 0 Å². The summed E-state index contributed by atoms with van der Waals surface area (Å²) in [7, 11) is 0. The zero-order valence-corrected chi connectivity index (χ0v) is 8.35. The van der Waals surface area contributed by atoms with Crippen molar-refractivity contribution in [2.24, 2.45) is 0 Å². The molecule has 0 aromatic rings. The number of esters is 1. The van der Waals surface area contributed by atoms with Gasteiger partial charge in [0.15, 0.2) is 0 Å². The van der Waals surface area contributed by atoms with Crippen LogP contribution in [0.1, 0.15) is 20.3 Å². The summed E-state index contributed by atoms with van der Waals surface area (Å²) in [6.07, 6.45) is -5.21. The van der Waals surface area contributed by atoms with Gasteiger partial charge in [0.05, 0.1) is 6.61 Å². The van der Waals surface area contributed by atoms with Gasteiger partial charge < -0.3 is 10.1 Å². The average Bonchev–Trinajstić information content (AvgIpc) is 2.01. The Kier molecular flexibility index (Phi) is 5.10. The summed E-state index contributed by atoms with van der Waals surface area (Å²) in [4.78, 5) is 21.6. The fourth-order valence-corrected chi connectivity index (χ4v) is 0.717. The second-order valence-electron chi connectivity index (χ2n) is 2.81. The summed E-state index contributed by atoms with van der Waals surface area (Å²) in [6, 6.07) is -1.97. The molecule has 0 bridgehead atoms. The van der Waals surface area contributed by atoms with Crippen LogP contribution in [-0.2, 0) is 14.3 Å². The van der Waals surface area contributed by atoms with E-state index in [1.807, 2.05) is 0 Å². The number of carbonyl (C=O) groups excluding carboxylic acids is 2. The lowest BCUT2D eigenvalue weighted by Crippen LogP contribution is -2.43. The van der Waals surface area contributed by atoms with E-state index in [0.717, 1.165) is 6.92 Å². The van der Waals surface area contributed by atoms with Crippen molar-refractivity contribution < 1.29 is 27.5 Å². The Labute approximate surface area is 84.8 Å². The molecule has 0 heterocycles. The van der Waals surface area contributed by atoms with Gasteiger partial charge in [-0.3, -0.25) is 9.59 Å². The molecule has 7 heteroatoms. The summed E-state index contributed by atoms with van der Waals surface area (Å²) in [6.45, 7) is 2.41. The summed E-state index contributed by atoms with van der Waals surface area (Å²) in [5.41, 5.74) is 0. The minimum Gasteiger partial charge on any atom is -0.466 e. The Morgan fingerprint density at radius 3 is 2.33 bits per heavy atom. The molecule has 1 amide bonds. The van der Waals surface area contributed by atoms with E-state index in [9.17, 15) is 22.8 Å². The van der Waals surface area contributed by atoms with Gasteiger partial charge in [-0.15, -0.1) is 0 Å². The van der Waals surface area contributed by atoms with Crippen molar-refractivity contribution in [1.82, 2.24) is 5.32 Å². The Morgan fingerprint density at radius 1 is 1.40 bits per heavy atom. The van der Waals surface area contributed by atoms with Crippen molar-refractivity contribution in [1.29, 1.82) is 0 Å². The summed E-state index contributed by atoms with van der Waals surface area (Å²) in [5.74, 6) is -1.84. The monoisotopic (exact) mass is 227 g/mol. The first-order valence-corrected chi connectivity index (χ1v) is 4.29. The molecule has 0 rings (SSSR count). The minimum absolute atomic E-state index is 0.0843. The number of rotatable bonds is 4. The van der Waals surface area contributed by atoms with Crippen LogP contribution < -0.4 is 5.32 Å². The highest BCUT2D eigenvalue weighted by molar-refractivity contribution is 5.94. The van der Waals surface area contributed by atoms with Crippen LogP contribution in [0.5, 0.6) is 0 Å². The van der Waals surface area contributed by atoms with Gasteiger partial charge in [0.1, 0.15) is 12.5 Å². The average molecular weight is 227 g/mol. The first-order valence-electron chi connectivity index (χ1n) is 4.29. The number of halogens is 3. The fraction of sp³-hybridized carbons (Fsp3) is 0.750. The highest BCUT2D eigenvalue weighted by Crippen LogP contribution is 2.19. The third kappa shape index (κ3) is 5.92. The first kappa shape index (κ1) is 13.7. The van der Waals surface area contributed by atoms with Crippen LogP contribution >= 0.6 is 0 Å². The maximum Gasteiger partial charge on any atom is 0.408 e. The molecule has 0 aromatic heterocycles. The number of alkyl halides is 3. The second-order valence-corrected chi connectivity index (χ2v) is 2.81. The van der Waals surface area contributed by atoms with Crippen LogP contribution in [0.3, 0.4) is 0 Å². The third-order valence-corrected chi connectivity index (χ3v) is 1.48. The summed E-state index contributed by atoms with van der Waals surface area (Å²) >= 11 is 0. The molecule has 0 saturated carbocycles. The Bertz CT molecular complexity index is 240. The first-order chi connectivity index (χ1) is 6.77. The zero-order valence-electron chi connectivity index (χ0n) is 8.35. The van der Waals surface area contributed by atoms with Gasteiger partial charge in [-0.05, 0) is 13.8 Å². The molecule has 1 atom stereocenters. The number of nitrogens with one attached hydrogen (secondary N) is 1. The predicted molar refractivity (Wildman–Crippen MR) is 44.9 cm³/mol. The molecule has 0 spiro atoms. The van der Waals surface area contributed by atoms with Crippen molar-refractivity contribution in [3.8, 4) is 0 Å². The van der Waals surface area contributed by atoms with Crippen LogP contribution in [0, 0.1) is 0 Å². The van der Waals surface area contributed by atoms with Crippen LogP contribution in [0.4, 0.5) is 13.2 Å². The van der Waals surface area contributed by atoms with E-state index in [-0.39, 0.29) is 6.61 Å². The van der Waals surface area contributed by atoms with Crippen molar-refractivity contribution in [3.05, 3.63) is 0 Å². The van der Waals surface area contributed by atoms with Gasteiger partial charge in [-0.1, -0.05) is 0 Å². The lowest BCUT2D eigenvalue weighted by molar-refractivity contribution is -0.160. The van der Waals surface area contributed by atoms with Gasteiger partial charge >= 0.3 is 12.1 Å². The third-order valence-electron chi connectivity index (χ3n) is 1.48. The highest BCUT2D eigenvalue weighted by Gasteiger charge is 2.37. The number of hydrogen-bond donors (Lipinski definition) is 1. The van der Waals surface area contributed by atoms with Gasteiger partial charge in [0.2, 0.25) is 5.91 Å². The molecule has 0 aliphatic heterocycles. The van der Waals surface area contributed by atoms with Crippen molar-refractivity contribution >= 4 is 11.9 Å². The van der Waals surface area contributed by atoms with Crippen LogP contribution in [0.25, 0.3) is 0 Å². The molecule has 0 radical (unpaired) electrons. The van der Waals surface area contributed by atoms with E-state index in [0.29, 0.717) is 0 Å². The quantitative estimate of drug-likeness (QED) is 0.576. The van der Waals surface area contributed by atoms with E-state index in [2.05, 4.69) is 4.74 Å². The molecular weight excluding hydrogens is 215 g/mol. The molecule has 0 saturated heterocycles. The van der Waals surface area contributed by atoms with E-state index >= 15 is 0 Å². The minimum atomic E-state index is -4.51. The van der Waals surface area contributed by atoms with E-state index in [4.69, 9.17) is 0 Å². The largest absolute Gasteiger partial charge is 0.466 e. The summed E-state index contributed by atoms with van der Waals surface area (Å²) < 4.78 is 40.3. The maximum atomic E-state index is 12.0. The lowest BCUT2D eigenvalue weighted by Gasteiger charge is -2.16. The van der Waals surface area contributed by atoms with Crippen LogP contribution in [0.2, 0.25) is 0 Å². The van der Waals surface area contributed by atoms with Crippen molar-refractivity contribution in [3.63, 3.8) is 0 Å². The van der Waals surface area contributed by atoms with Gasteiger partial charge in [0.25, 0.3) is 0 Å². The normalized spacial score (nSPS) is 13.1. The smallest absolute Gasteiger partial charge is 0.408 e. The van der Waals surface area contributed by atoms with Crippen molar-refractivity contribution in [2.75, 3.05) is 6.61 Å². The molecule has 1 unspecified atom stereocenters. The maximum absolute atomic E-state index is 12.0. The molecule has 88 valence electrons. The SMILES string of the molecule is CCOC(=O)CC(=O)NC(C)C(F)(F)F. The predicted octanol–water partition coefficient (Wildman–Crippen LogP) is 1.01. The molecular formula is C8H12F3NO3. The van der Waals surface area contributed by atoms with Crippen molar-refractivity contribution in [2.45, 2.75) is 32.5 Å². The number of amides is 1. The molecule has 0 fully saturated rings. The lowest BCUT2D eigenvalue weighted by atomic mass is 10.3. The Morgan fingerprint density at radius 2 is 1.93 bits per heavy atom. The van der Waals surface area contributed by atoms with E-state index < -0.39 is 30.5 Å². The van der Waals surface area contributed by atoms with Crippen LogP contribution in [-0.4, -0.2) is 30.7 Å². The molecule has 0 aliphatic carbocycles. The highest BCUT2D eigenvalue weighted by atomic mass is 19.4. The van der Waals surface area contributed by atoms with Gasteiger partial charge in [0, 0.05) is 0 Å². The topological polar surface area (TPSA) is 55.4 Å². The second kappa shape index (κ2) is 5.57. The number of ether oxygens (including phenoxy) is 1. The molecule has 1 N–H and O–H groups in total. The molecule has 4 nitrogen and oxygen atoms in total. The Balaban J connectivity index is 3.99. The zero-order chi connectivity index (χ0) is 12.1. The molecule has 15 heavy (non-hydrogen) atoms. The number of carbonyl (C=O) groups is 2.